The second-order valence-corrected chi connectivity index (χ2v) is 24.6. The molecule has 0 aromatic heterocycles. The normalized spacial score (nSPS) is 28.5. The zero-order valence-corrected chi connectivity index (χ0v) is 55.3. The number of aliphatic hydroxyl groups is 11. The van der Waals surface area contributed by atoms with Crippen molar-refractivity contribution >= 4 is 5.91 Å². The molecular weight excluding hydrogens is 1170 g/mol. The highest BCUT2D eigenvalue weighted by atomic mass is 16.8. The van der Waals surface area contributed by atoms with Gasteiger partial charge in [0.15, 0.2) is 18.9 Å². The summed E-state index contributed by atoms with van der Waals surface area (Å²) in [4.78, 5) is 13.3. The number of carbonyl (C=O) groups is 1. The molecule has 17 atom stereocenters. The fourth-order valence-corrected chi connectivity index (χ4v) is 11.2. The summed E-state index contributed by atoms with van der Waals surface area (Å²) in [5.41, 5.74) is 0. The molecule has 1 amide bonds. The lowest BCUT2D eigenvalue weighted by atomic mass is 9.96. The lowest BCUT2D eigenvalue weighted by molar-refractivity contribution is -0.379. The van der Waals surface area contributed by atoms with Crippen molar-refractivity contribution in [2.45, 2.75) is 324 Å². The van der Waals surface area contributed by atoms with E-state index in [0.29, 0.717) is 19.3 Å². The number of amides is 1. The van der Waals surface area contributed by atoms with Crippen LogP contribution in [0.3, 0.4) is 0 Å². The molecule has 3 heterocycles. The average molecular weight is 1290 g/mol. The van der Waals surface area contributed by atoms with Gasteiger partial charge in [0.25, 0.3) is 0 Å². The Bertz CT molecular complexity index is 2030. The van der Waals surface area contributed by atoms with Crippen molar-refractivity contribution in [3.63, 3.8) is 0 Å². The number of aliphatic hydroxyl groups excluding tert-OH is 11. The molecule has 3 aliphatic heterocycles. The number of allylic oxidation sites excluding steroid dienone is 15. The first-order chi connectivity index (χ1) is 44.3. The second-order valence-electron chi connectivity index (χ2n) is 24.6. The Labute approximate surface area is 545 Å². The van der Waals surface area contributed by atoms with Gasteiger partial charge in [-0.05, 0) is 70.6 Å². The summed E-state index contributed by atoms with van der Waals surface area (Å²) >= 11 is 0. The monoisotopic (exact) mass is 1290 g/mol. The van der Waals surface area contributed by atoms with E-state index in [1.165, 1.54) is 128 Å². The number of hydrogen-bond acceptors (Lipinski definition) is 18. The molecule has 91 heavy (non-hydrogen) atoms. The van der Waals surface area contributed by atoms with Crippen LogP contribution in [0.1, 0.15) is 219 Å². The molecule has 3 rings (SSSR count). The maximum absolute atomic E-state index is 13.3. The van der Waals surface area contributed by atoms with Gasteiger partial charge in [-0.1, -0.05) is 239 Å². The molecule has 0 radical (unpaired) electrons. The minimum atomic E-state index is -1.99. The van der Waals surface area contributed by atoms with Crippen LogP contribution in [0.5, 0.6) is 0 Å². The Balaban J connectivity index is 1.47. The molecule has 12 N–H and O–H groups in total. The van der Waals surface area contributed by atoms with Crippen LogP contribution in [0.25, 0.3) is 0 Å². The summed E-state index contributed by atoms with van der Waals surface area (Å²) in [7, 11) is 0. The molecule has 19 nitrogen and oxygen atoms in total. The standard InChI is InChI=1S/C72H123NO18/c1-3-5-7-9-11-13-15-17-19-21-23-24-25-26-27-28-29-30-32-33-35-37-39-41-43-45-47-49-56(77)55(73-60(78)50-48-46-44-42-40-38-36-34-31-22-20-18-16-14-12-10-8-6-4-2)54-86-70-66(84)63(81)68(58(52-75)88-70)91-72-67(85)64(82)69(59(53-76)89-72)90-71-65(83)62(80)61(79)57(51-74)87-71/h6,8,12,14,18,20,31,34,38-41,44,46-47,49,55-59,61-72,74-77,79-85H,3-5,7,9-11,13,15-17,19,21-30,32-33,35-37,42-43,45,48,50-54H2,1-2H3,(H,73,78)/b8-6-,14-12-,20-18-,34-31-,40-38-,41-39+,46-44-,49-47+. The molecule has 0 aromatic carbocycles. The van der Waals surface area contributed by atoms with Gasteiger partial charge in [0.1, 0.15) is 73.2 Å². The highest BCUT2D eigenvalue weighted by Crippen LogP contribution is 2.33. The van der Waals surface area contributed by atoms with Gasteiger partial charge in [-0.3, -0.25) is 4.79 Å². The molecule has 0 aromatic rings. The van der Waals surface area contributed by atoms with Crippen molar-refractivity contribution in [1.29, 1.82) is 0 Å². The van der Waals surface area contributed by atoms with Crippen molar-refractivity contribution < 1.29 is 89.4 Å². The molecular formula is C72H123NO18. The topological polar surface area (TPSA) is 307 Å². The fourth-order valence-electron chi connectivity index (χ4n) is 11.2. The third-order valence-electron chi connectivity index (χ3n) is 16.9. The largest absolute Gasteiger partial charge is 0.394 e. The predicted molar refractivity (Wildman–Crippen MR) is 355 cm³/mol. The summed E-state index contributed by atoms with van der Waals surface area (Å²) in [5.74, 6) is -0.370. The molecule has 17 unspecified atom stereocenters. The van der Waals surface area contributed by atoms with E-state index in [4.69, 9.17) is 28.4 Å². The maximum atomic E-state index is 13.3. The quantitative estimate of drug-likeness (QED) is 0.0199. The molecule has 0 spiro atoms. The van der Waals surface area contributed by atoms with Gasteiger partial charge in [0.05, 0.1) is 38.6 Å². The summed E-state index contributed by atoms with van der Waals surface area (Å²) < 4.78 is 34.3. The van der Waals surface area contributed by atoms with Crippen molar-refractivity contribution in [3.8, 4) is 0 Å². The maximum Gasteiger partial charge on any atom is 0.220 e. The molecule has 3 fully saturated rings. The Morgan fingerprint density at radius 2 is 0.769 bits per heavy atom. The summed E-state index contributed by atoms with van der Waals surface area (Å²) in [6.07, 6.45) is 42.7. The minimum absolute atomic E-state index is 0.105. The fraction of sp³-hybridized carbons (Fsp3) is 0.764. The van der Waals surface area contributed by atoms with Crippen molar-refractivity contribution in [2.24, 2.45) is 0 Å². The van der Waals surface area contributed by atoms with Gasteiger partial charge >= 0.3 is 0 Å². The number of hydrogen-bond donors (Lipinski definition) is 12. The van der Waals surface area contributed by atoms with E-state index in [0.717, 1.165) is 51.4 Å². The lowest BCUT2D eigenvalue weighted by Crippen LogP contribution is -2.66. The number of nitrogens with one attached hydrogen (secondary N) is 1. The first-order valence-corrected chi connectivity index (χ1v) is 35.0. The zero-order valence-electron chi connectivity index (χ0n) is 55.3. The average Bonchev–Trinajstić information content (AvgIpc) is 0.886. The Hall–Kier alpha value is -3.29. The summed E-state index contributed by atoms with van der Waals surface area (Å²) in [6.45, 7) is 1.54. The predicted octanol–water partition coefficient (Wildman–Crippen LogP) is 9.27. The molecule has 19 heteroatoms. The SMILES string of the molecule is CC/C=C\C/C=C\C/C=C\C/C=C\C/C=C\C/C=C\CCC(=O)NC(COC1OC(CO)C(OC2OC(CO)C(OC3OC(CO)C(O)C(O)C3O)C(O)C2O)C(O)C1O)C(O)/C=C/CC/C=C/CCCCCCCCCCCCCCCCCCCCCCC. The summed E-state index contributed by atoms with van der Waals surface area (Å²) in [6, 6.07) is -1.04. The van der Waals surface area contributed by atoms with Crippen LogP contribution in [0.2, 0.25) is 0 Å². The van der Waals surface area contributed by atoms with Crippen molar-refractivity contribution in [2.75, 3.05) is 26.4 Å². The van der Waals surface area contributed by atoms with E-state index >= 15 is 0 Å². The van der Waals surface area contributed by atoms with E-state index < -0.39 is 131 Å². The van der Waals surface area contributed by atoms with Crippen LogP contribution < -0.4 is 5.32 Å². The molecule has 3 aliphatic rings. The third kappa shape index (κ3) is 34.8. The van der Waals surface area contributed by atoms with Crippen LogP contribution in [0.4, 0.5) is 0 Å². The number of carbonyl (C=O) groups excluding carboxylic acids is 1. The van der Waals surface area contributed by atoms with Crippen molar-refractivity contribution in [3.05, 3.63) is 97.2 Å². The van der Waals surface area contributed by atoms with Crippen LogP contribution in [0, 0.1) is 0 Å². The Kier molecular flexibility index (Phi) is 47.7. The van der Waals surface area contributed by atoms with Gasteiger partial charge in [-0.15, -0.1) is 0 Å². The highest BCUT2D eigenvalue weighted by Gasteiger charge is 2.53. The van der Waals surface area contributed by atoms with E-state index in [1.54, 1.807) is 6.08 Å². The van der Waals surface area contributed by atoms with E-state index in [1.807, 2.05) is 18.2 Å². The highest BCUT2D eigenvalue weighted by molar-refractivity contribution is 5.76. The van der Waals surface area contributed by atoms with Gasteiger partial charge in [-0.2, -0.15) is 0 Å². The van der Waals surface area contributed by atoms with E-state index in [-0.39, 0.29) is 12.3 Å². The number of rotatable bonds is 52. The molecule has 3 saturated heterocycles. The zero-order chi connectivity index (χ0) is 66.1. The smallest absolute Gasteiger partial charge is 0.220 e. The number of ether oxygens (including phenoxy) is 6. The summed E-state index contributed by atoms with van der Waals surface area (Å²) in [5, 5.41) is 120. The van der Waals surface area contributed by atoms with Crippen LogP contribution in [-0.2, 0) is 33.2 Å². The Morgan fingerprint density at radius 1 is 0.407 bits per heavy atom. The van der Waals surface area contributed by atoms with Gasteiger partial charge in [0, 0.05) is 6.42 Å². The second kappa shape index (κ2) is 52.9. The molecule has 524 valence electrons. The van der Waals surface area contributed by atoms with Gasteiger partial charge in [-0.25, -0.2) is 0 Å². The van der Waals surface area contributed by atoms with Gasteiger partial charge < -0.3 is 89.9 Å². The van der Waals surface area contributed by atoms with Crippen molar-refractivity contribution in [1.82, 2.24) is 5.32 Å². The number of unbranched alkanes of at least 4 members (excludes halogenated alkanes) is 22. The van der Waals surface area contributed by atoms with Gasteiger partial charge in [0.2, 0.25) is 5.91 Å². The van der Waals surface area contributed by atoms with Crippen LogP contribution in [0.15, 0.2) is 97.2 Å². The first kappa shape index (κ1) is 81.9. The third-order valence-corrected chi connectivity index (χ3v) is 16.9. The molecule has 0 bridgehead atoms. The van der Waals surface area contributed by atoms with E-state index in [2.05, 4.69) is 92.1 Å². The molecule has 0 aliphatic carbocycles. The van der Waals surface area contributed by atoms with E-state index in [9.17, 15) is 61.0 Å². The minimum Gasteiger partial charge on any atom is -0.394 e. The lowest BCUT2D eigenvalue weighted by Gasteiger charge is -2.48. The van der Waals surface area contributed by atoms with Crippen LogP contribution in [-0.4, -0.2) is 193 Å². The van der Waals surface area contributed by atoms with Crippen LogP contribution >= 0.6 is 0 Å². The molecule has 0 saturated carbocycles. The first-order valence-electron chi connectivity index (χ1n) is 35.0. The Morgan fingerprint density at radius 3 is 1.22 bits per heavy atom.